The maximum absolute atomic E-state index is 9.03. The largest absolute Gasteiger partial charge is 0.370 e. The van der Waals surface area contributed by atoms with Gasteiger partial charge in [-0.15, -0.1) is 0 Å². The number of hydrogen-bond acceptors (Lipinski definition) is 2. The smallest absolute Gasteiger partial charge is 0.114 e. The van der Waals surface area contributed by atoms with E-state index in [4.69, 9.17) is 5.26 Å². The Morgan fingerprint density at radius 2 is 1.94 bits per heavy atom. The molecule has 1 unspecified atom stereocenters. The van der Waals surface area contributed by atoms with Crippen LogP contribution in [0, 0.1) is 18.3 Å². The second-order valence-corrected chi connectivity index (χ2v) is 4.19. The molecule has 1 N–H and O–H groups in total. The fourth-order valence-electron chi connectivity index (χ4n) is 1.62. The van der Waals surface area contributed by atoms with Crippen molar-refractivity contribution in [2.75, 3.05) is 5.32 Å². The highest BCUT2D eigenvalue weighted by Gasteiger charge is 2.05. The molecule has 2 heteroatoms. The summed E-state index contributed by atoms with van der Waals surface area (Å²) in [4.78, 5) is 0. The molecule has 0 amide bonds. The predicted octanol–water partition coefficient (Wildman–Crippen LogP) is 3.88. The summed E-state index contributed by atoms with van der Waals surface area (Å²) in [5.41, 5.74) is 2.28. The van der Waals surface area contributed by atoms with Crippen LogP contribution in [0.4, 0.5) is 5.69 Å². The Labute approximate surface area is 98.3 Å². The molecule has 0 spiro atoms. The first-order chi connectivity index (χ1) is 7.76. The quantitative estimate of drug-likeness (QED) is 0.732. The Bertz CT molecular complexity index is 335. The van der Waals surface area contributed by atoms with Gasteiger partial charge in [0.1, 0.15) is 6.04 Å². The van der Waals surface area contributed by atoms with Crippen molar-refractivity contribution in [1.29, 1.82) is 5.26 Å². The Balaban J connectivity index is 2.44. The lowest BCUT2D eigenvalue weighted by atomic mass is 10.1. The third-order valence-corrected chi connectivity index (χ3v) is 2.64. The number of benzene rings is 1. The monoisotopic (exact) mass is 216 g/mol. The first-order valence-corrected chi connectivity index (χ1v) is 5.99. The summed E-state index contributed by atoms with van der Waals surface area (Å²) in [5.74, 6) is 0. The molecule has 1 aromatic rings. The highest BCUT2D eigenvalue weighted by Crippen LogP contribution is 2.12. The number of unbranched alkanes of at least 4 members (excludes halogenated alkanes) is 2. The molecule has 1 atom stereocenters. The normalized spacial score (nSPS) is 11.8. The van der Waals surface area contributed by atoms with Gasteiger partial charge in [0.25, 0.3) is 0 Å². The first kappa shape index (κ1) is 12.6. The van der Waals surface area contributed by atoms with Crippen molar-refractivity contribution < 1.29 is 0 Å². The van der Waals surface area contributed by atoms with Crippen molar-refractivity contribution in [2.45, 2.75) is 45.6 Å². The van der Waals surface area contributed by atoms with E-state index in [2.05, 4.69) is 37.4 Å². The van der Waals surface area contributed by atoms with Crippen LogP contribution in [-0.2, 0) is 0 Å². The summed E-state index contributed by atoms with van der Waals surface area (Å²) in [6, 6.07) is 10.4. The topological polar surface area (TPSA) is 35.8 Å². The zero-order valence-electron chi connectivity index (χ0n) is 10.2. The molecule has 0 aliphatic carbocycles. The number of nitrogens with zero attached hydrogens (tertiary/aromatic N) is 1. The fraction of sp³-hybridized carbons (Fsp3) is 0.500. The minimum Gasteiger partial charge on any atom is -0.370 e. The van der Waals surface area contributed by atoms with Crippen molar-refractivity contribution in [3.63, 3.8) is 0 Å². The van der Waals surface area contributed by atoms with Crippen LogP contribution >= 0.6 is 0 Å². The third-order valence-electron chi connectivity index (χ3n) is 2.64. The number of aryl methyl sites for hydroxylation is 1. The summed E-state index contributed by atoms with van der Waals surface area (Å²) in [7, 11) is 0. The molecule has 0 aliphatic rings. The zero-order valence-corrected chi connectivity index (χ0v) is 10.2. The summed E-state index contributed by atoms with van der Waals surface area (Å²) in [5, 5.41) is 12.3. The van der Waals surface area contributed by atoms with Gasteiger partial charge >= 0.3 is 0 Å². The van der Waals surface area contributed by atoms with Crippen molar-refractivity contribution >= 4 is 5.69 Å². The number of rotatable bonds is 6. The van der Waals surface area contributed by atoms with Gasteiger partial charge in [-0.25, -0.2) is 0 Å². The summed E-state index contributed by atoms with van der Waals surface area (Å²) in [6.45, 7) is 4.24. The lowest BCUT2D eigenvalue weighted by Gasteiger charge is -2.12. The third kappa shape index (κ3) is 4.35. The van der Waals surface area contributed by atoms with Crippen LogP contribution in [0.1, 0.15) is 38.2 Å². The molecule has 0 aromatic heterocycles. The van der Waals surface area contributed by atoms with E-state index in [1.54, 1.807) is 0 Å². The first-order valence-electron chi connectivity index (χ1n) is 5.99. The molecule has 86 valence electrons. The Kier molecular flexibility index (Phi) is 5.42. The summed E-state index contributed by atoms with van der Waals surface area (Å²) < 4.78 is 0. The zero-order chi connectivity index (χ0) is 11.8. The second kappa shape index (κ2) is 6.90. The van der Waals surface area contributed by atoms with Crippen LogP contribution in [0.15, 0.2) is 24.3 Å². The van der Waals surface area contributed by atoms with Crippen molar-refractivity contribution in [3.8, 4) is 6.07 Å². The van der Waals surface area contributed by atoms with Crippen molar-refractivity contribution in [2.24, 2.45) is 0 Å². The van der Waals surface area contributed by atoms with Crippen LogP contribution < -0.4 is 5.32 Å². The molecule has 0 fully saturated rings. The van der Waals surface area contributed by atoms with Gasteiger partial charge in [-0.2, -0.15) is 5.26 Å². The number of nitrogens with one attached hydrogen (secondary N) is 1. The number of hydrogen-bond donors (Lipinski definition) is 1. The van der Waals surface area contributed by atoms with Gasteiger partial charge in [-0.05, 0) is 25.5 Å². The van der Waals surface area contributed by atoms with Gasteiger partial charge in [0, 0.05) is 5.69 Å². The fourth-order valence-corrected chi connectivity index (χ4v) is 1.62. The van der Waals surface area contributed by atoms with Crippen molar-refractivity contribution in [3.05, 3.63) is 29.8 Å². The number of anilines is 1. The highest BCUT2D eigenvalue weighted by atomic mass is 14.9. The number of nitriles is 1. The van der Waals surface area contributed by atoms with Gasteiger partial charge in [0.15, 0.2) is 0 Å². The molecule has 0 saturated carbocycles. The van der Waals surface area contributed by atoms with Crippen LogP contribution in [0.3, 0.4) is 0 Å². The molecule has 16 heavy (non-hydrogen) atoms. The lowest BCUT2D eigenvalue weighted by molar-refractivity contribution is 0.646. The molecule has 2 nitrogen and oxygen atoms in total. The van der Waals surface area contributed by atoms with Gasteiger partial charge in [-0.1, -0.05) is 43.9 Å². The van der Waals surface area contributed by atoms with Crippen LogP contribution in [0.25, 0.3) is 0 Å². The van der Waals surface area contributed by atoms with Crippen LogP contribution in [0.2, 0.25) is 0 Å². The van der Waals surface area contributed by atoms with E-state index in [9.17, 15) is 0 Å². The minimum absolute atomic E-state index is 0.0609. The molecule has 0 aliphatic heterocycles. The van der Waals surface area contributed by atoms with E-state index >= 15 is 0 Å². The van der Waals surface area contributed by atoms with Crippen molar-refractivity contribution in [1.82, 2.24) is 0 Å². The van der Waals surface area contributed by atoms with Gasteiger partial charge in [0.2, 0.25) is 0 Å². The van der Waals surface area contributed by atoms with Crippen LogP contribution in [-0.4, -0.2) is 6.04 Å². The van der Waals surface area contributed by atoms with E-state index in [-0.39, 0.29) is 6.04 Å². The lowest BCUT2D eigenvalue weighted by Crippen LogP contribution is -2.16. The average Bonchev–Trinajstić information content (AvgIpc) is 2.31. The molecule has 0 radical (unpaired) electrons. The van der Waals surface area contributed by atoms with Gasteiger partial charge in [0.05, 0.1) is 6.07 Å². The minimum atomic E-state index is -0.0609. The maximum atomic E-state index is 9.03. The van der Waals surface area contributed by atoms with E-state index < -0.39 is 0 Å². The molecule has 1 rings (SSSR count). The average molecular weight is 216 g/mol. The van der Waals surface area contributed by atoms with E-state index in [1.807, 2.05) is 12.1 Å². The summed E-state index contributed by atoms with van der Waals surface area (Å²) in [6.07, 6.45) is 4.45. The second-order valence-electron chi connectivity index (χ2n) is 4.19. The summed E-state index contributed by atoms with van der Waals surface area (Å²) >= 11 is 0. The SMILES string of the molecule is CCCCCC(C#N)Nc1ccc(C)cc1. The Morgan fingerprint density at radius 1 is 1.25 bits per heavy atom. The van der Waals surface area contributed by atoms with E-state index in [0.29, 0.717) is 0 Å². The van der Waals surface area contributed by atoms with Gasteiger partial charge in [-0.3, -0.25) is 0 Å². The predicted molar refractivity (Wildman–Crippen MR) is 68.3 cm³/mol. The Morgan fingerprint density at radius 3 is 2.50 bits per heavy atom. The standard InChI is InChI=1S/C14H20N2/c1-3-4-5-6-14(11-15)16-13-9-7-12(2)8-10-13/h7-10,14,16H,3-6H2,1-2H3. The molecule has 1 aromatic carbocycles. The van der Waals surface area contributed by atoms with Crippen LogP contribution in [0.5, 0.6) is 0 Å². The molecule has 0 saturated heterocycles. The maximum Gasteiger partial charge on any atom is 0.114 e. The van der Waals surface area contributed by atoms with E-state index in [0.717, 1.165) is 18.5 Å². The van der Waals surface area contributed by atoms with E-state index in [1.165, 1.54) is 18.4 Å². The van der Waals surface area contributed by atoms with Gasteiger partial charge < -0.3 is 5.32 Å². The molecule has 0 heterocycles. The molecule has 0 bridgehead atoms. The highest BCUT2D eigenvalue weighted by molar-refractivity contribution is 5.46. The molecular formula is C14H20N2. The molecular weight excluding hydrogens is 196 g/mol. The Hall–Kier alpha value is -1.49.